The van der Waals surface area contributed by atoms with Gasteiger partial charge >= 0.3 is 0 Å². The molecule has 0 amide bonds. The highest BCUT2D eigenvalue weighted by molar-refractivity contribution is 9.10. The summed E-state index contributed by atoms with van der Waals surface area (Å²) < 4.78 is 1.19. The van der Waals surface area contributed by atoms with Crippen LogP contribution in [0.15, 0.2) is 34.8 Å². The van der Waals surface area contributed by atoms with Gasteiger partial charge in [0.05, 0.1) is 0 Å². The van der Waals surface area contributed by atoms with Gasteiger partial charge in [-0.2, -0.15) is 0 Å². The third-order valence-electron chi connectivity index (χ3n) is 2.74. The summed E-state index contributed by atoms with van der Waals surface area (Å²) in [4.78, 5) is 0. The van der Waals surface area contributed by atoms with Gasteiger partial charge < -0.3 is 5.32 Å². The Labute approximate surface area is 107 Å². The Morgan fingerprint density at radius 3 is 2.69 bits per heavy atom. The monoisotopic (exact) mass is 281 g/mol. The van der Waals surface area contributed by atoms with E-state index in [-0.39, 0.29) is 0 Å². The normalized spacial score (nSPS) is 12.5. The summed E-state index contributed by atoms with van der Waals surface area (Å²) in [6, 6.07) is 6.91. The van der Waals surface area contributed by atoms with Crippen molar-refractivity contribution in [3.63, 3.8) is 0 Å². The maximum atomic E-state index is 3.95. The predicted octanol–water partition coefficient (Wildman–Crippen LogP) is 4.37. The van der Waals surface area contributed by atoms with E-state index in [0.717, 1.165) is 12.8 Å². The van der Waals surface area contributed by atoms with Gasteiger partial charge in [-0.15, -0.1) is 6.58 Å². The van der Waals surface area contributed by atoms with E-state index in [2.05, 4.69) is 59.9 Å². The molecule has 0 aliphatic rings. The van der Waals surface area contributed by atoms with Crippen molar-refractivity contribution in [2.75, 3.05) is 7.05 Å². The zero-order valence-corrected chi connectivity index (χ0v) is 11.9. The van der Waals surface area contributed by atoms with Crippen LogP contribution in [0.3, 0.4) is 0 Å². The van der Waals surface area contributed by atoms with Crippen LogP contribution in [0.4, 0.5) is 0 Å². The summed E-state index contributed by atoms with van der Waals surface area (Å²) >= 11 is 3.63. The predicted molar refractivity (Wildman–Crippen MR) is 74.7 cm³/mol. The maximum absolute atomic E-state index is 3.95. The molecule has 1 unspecified atom stereocenters. The molecule has 1 aromatic rings. The number of hydrogen-bond acceptors (Lipinski definition) is 1. The van der Waals surface area contributed by atoms with Gasteiger partial charge in [0.25, 0.3) is 0 Å². The van der Waals surface area contributed by atoms with E-state index < -0.39 is 0 Å². The van der Waals surface area contributed by atoms with Crippen LogP contribution >= 0.6 is 15.9 Å². The molecule has 0 spiro atoms. The largest absolute Gasteiger partial charge is 0.313 e. The van der Waals surface area contributed by atoms with E-state index in [9.17, 15) is 0 Å². The van der Waals surface area contributed by atoms with Crippen molar-refractivity contribution in [1.29, 1.82) is 0 Å². The van der Waals surface area contributed by atoms with Crippen LogP contribution in [0.25, 0.3) is 0 Å². The lowest BCUT2D eigenvalue weighted by molar-refractivity contribution is 0.546. The summed E-state index contributed by atoms with van der Waals surface area (Å²) in [6.07, 6.45) is 2.15. The highest BCUT2D eigenvalue weighted by Gasteiger charge is 2.12. The highest BCUT2D eigenvalue weighted by Crippen LogP contribution is 2.28. The molecule has 0 radical (unpaired) electrons. The van der Waals surface area contributed by atoms with Crippen LogP contribution in [-0.2, 0) is 0 Å². The van der Waals surface area contributed by atoms with E-state index in [1.807, 2.05) is 7.05 Å². The number of aryl methyl sites for hydroxylation is 1. The van der Waals surface area contributed by atoms with E-state index >= 15 is 0 Å². The Kier molecular flexibility index (Phi) is 5.23. The van der Waals surface area contributed by atoms with E-state index in [4.69, 9.17) is 0 Å². The first-order valence-corrected chi connectivity index (χ1v) is 6.41. The minimum absolute atomic E-state index is 0.395. The summed E-state index contributed by atoms with van der Waals surface area (Å²) in [5, 5.41) is 3.36. The lowest BCUT2D eigenvalue weighted by Crippen LogP contribution is -2.16. The minimum Gasteiger partial charge on any atom is -0.313 e. The third-order valence-corrected chi connectivity index (χ3v) is 3.43. The number of rotatable bonds is 5. The van der Waals surface area contributed by atoms with Gasteiger partial charge in [-0.05, 0) is 50.9 Å². The first kappa shape index (κ1) is 13.5. The first-order valence-electron chi connectivity index (χ1n) is 5.62. The number of hydrogen-bond donors (Lipinski definition) is 1. The molecule has 0 aromatic heterocycles. The third kappa shape index (κ3) is 3.76. The van der Waals surface area contributed by atoms with E-state index in [0.29, 0.717) is 6.04 Å². The van der Waals surface area contributed by atoms with E-state index in [1.165, 1.54) is 21.2 Å². The van der Waals surface area contributed by atoms with Gasteiger partial charge in [-0.1, -0.05) is 33.6 Å². The lowest BCUT2D eigenvalue weighted by Gasteiger charge is -2.18. The second-order valence-electron chi connectivity index (χ2n) is 4.36. The second kappa shape index (κ2) is 6.21. The molecule has 0 saturated carbocycles. The average Bonchev–Trinajstić information content (AvgIpc) is 2.21. The second-order valence-corrected chi connectivity index (χ2v) is 5.22. The lowest BCUT2D eigenvalue weighted by atomic mass is 9.99. The summed E-state index contributed by atoms with van der Waals surface area (Å²) in [5.41, 5.74) is 3.85. The molecule has 16 heavy (non-hydrogen) atoms. The topological polar surface area (TPSA) is 12.0 Å². The Morgan fingerprint density at radius 1 is 1.50 bits per heavy atom. The van der Waals surface area contributed by atoms with Crippen LogP contribution in [-0.4, -0.2) is 7.05 Å². The van der Waals surface area contributed by atoms with Crippen molar-refractivity contribution in [3.05, 3.63) is 46.0 Å². The van der Waals surface area contributed by atoms with Gasteiger partial charge in [-0.25, -0.2) is 0 Å². The van der Waals surface area contributed by atoms with Gasteiger partial charge in [0, 0.05) is 10.5 Å². The first-order chi connectivity index (χ1) is 7.54. The molecule has 0 fully saturated rings. The molecule has 0 bridgehead atoms. The molecule has 0 heterocycles. The van der Waals surface area contributed by atoms with Crippen LogP contribution in [0.1, 0.15) is 36.9 Å². The zero-order valence-electron chi connectivity index (χ0n) is 10.3. The quantitative estimate of drug-likeness (QED) is 0.790. The number of nitrogens with one attached hydrogen (secondary N) is 1. The van der Waals surface area contributed by atoms with Crippen molar-refractivity contribution in [2.24, 2.45) is 0 Å². The SMILES string of the molecule is C=C(C)CCC(NC)c1ccc(C)cc1Br. The molecular weight excluding hydrogens is 262 g/mol. The Balaban J connectivity index is 2.82. The van der Waals surface area contributed by atoms with Crippen LogP contribution in [0.5, 0.6) is 0 Å². The number of benzene rings is 1. The zero-order chi connectivity index (χ0) is 12.1. The molecule has 1 atom stereocenters. The van der Waals surface area contributed by atoms with Crippen molar-refractivity contribution in [2.45, 2.75) is 32.7 Å². The minimum atomic E-state index is 0.395. The summed E-state index contributed by atoms with van der Waals surface area (Å²) in [5.74, 6) is 0. The van der Waals surface area contributed by atoms with Gasteiger partial charge in [-0.3, -0.25) is 0 Å². The summed E-state index contributed by atoms with van der Waals surface area (Å²) in [6.45, 7) is 8.14. The average molecular weight is 282 g/mol. The molecule has 0 saturated heterocycles. The van der Waals surface area contributed by atoms with Crippen LogP contribution in [0, 0.1) is 6.92 Å². The smallest absolute Gasteiger partial charge is 0.0331 e. The molecule has 1 nitrogen and oxygen atoms in total. The molecular formula is C14H20BrN. The van der Waals surface area contributed by atoms with Crippen molar-refractivity contribution >= 4 is 15.9 Å². The number of halogens is 1. The molecule has 1 N–H and O–H groups in total. The van der Waals surface area contributed by atoms with Crippen molar-refractivity contribution in [1.82, 2.24) is 5.32 Å². The van der Waals surface area contributed by atoms with Gasteiger partial charge in [0.15, 0.2) is 0 Å². The fourth-order valence-electron chi connectivity index (χ4n) is 1.76. The molecule has 88 valence electrons. The fraction of sp³-hybridized carbons (Fsp3) is 0.429. The van der Waals surface area contributed by atoms with Crippen LogP contribution < -0.4 is 5.32 Å². The van der Waals surface area contributed by atoms with E-state index in [1.54, 1.807) is 0 Å². The standard InChI is InChI=1S/C14H20BrN/c1-10(2)5-8-14(16-4)12-7-6-11(3)9-13(12)15/h6-7,9,14,16H,1,5,8H2,2-4H3. The molecule has 1 aromatic carbocycles. The van der Waals surface area contributed by atoms with Gasteiger partial charge in [0.1, 0.15) is 0 Å². The van der Waals surface area contributed by atoms with Gasteiger partial charge in [0.2, 0.25) is 0 Å². The Bertz CT molecular complexity index is 371. The highest BCUT2D eigenvalue weighted by atomic mass is 79.9. The van der Waals surface area contributed by atoms with Crippen molar-refractivity contribution in [3.8, 4) is 0 Å². The van der Waals surface area contributed by atoms with Crippen molar-refractivity contribution < 1.29 is 0 Å². The molecule has 0 aliphatic carbocycles. The molecule has 0 aliphatic heterocycles. The number of allylic oxidation sites excluding steroid dienone is 1. The van der Waals surface area contributed by atoms with Crippen LogP contribution in [0.2, 0.25) is 0 Å². The summed E-state index contributed by atoms with van der Waals surface area (Å²) in [7, 11) is 2.01. The molecule has 1 rings (SSSR count). The molecule has 2 heteroatoms. The maximum Gasteiger partial charge on any atom is 0.0331 e. The Hall–Kier alpha value is -0.600. The fourth-order valence-corrected chi connectivity index (χ4v) is 2.53. The Morgan fingerprint density at radius 2 is 2.19 bits per heavy atom.